The van der Waals surface area contributed by atoms with Gasteiger partial charge in [-0.2, -0.15) is 5.10 Å². The number of fused-ring (bicyclic) bond motifs is 2. The lowest BCUT2D eigenvalue weighted by Gasteiger charge is -2.17. The third-order valence-electron chi connectivity index (χ3n) is 8.21. The highest BCUT2D eigenvalue weighted by Crippen LogP contribution is 2.39. The molecule has 1 N–H and O–H groups in total. The van der Waals surface area contributed by atoms with E-state index in [1.54, 1.807) is 13.2 Å². The number of hydrazine groups is 1. The van der Waals surface area contributed by atoms with E-state index in [1.165, 1.54) is 19.3 Å². The average molecular weight is 552 g/mol. The molecule has 1 aromatic heterocycles. The lowest BCUT2D eigenvalue weighted by Crippen LogP contribution is -2.41. The van der Waals surface area contributed by atoms with Crippen molar-refractivity contribution in [2.24, 2.45) is 11.8 Å². The molecule has 1 saturated heterocycles. The Morgan fingerprint density at radius 2 is 1.76 bits per heavy atom. The molecule has 38 heavy (non-hydrogen) atoms. The fourth-order valence-corrected chi connectivity index (χ4v) is 6.82. The van der Waals surface area contributed by atoms with Gasteiger partial charge in [-0.05, 0) is 97.9 Å². The number of carbonyl (C=O) groups is 1. The summed E-state index contributed by atoms with van der Waals surface area (Å²) in [5, 5.41) is 8.07. The van der Waals surface area contributed by atoms with Crippen molar-refractivity contribution in [3.05, 3.63) is 75.0 Å². The van der Waals surface area contributed by atoms with Crippen molar-refractivity contribution >= 4 is 40.8 Å². The third-order valence-corrected chi connectivity index (χ3v) is 8.74. The SMILES string of the molecule is COc1ccc(/C=C2\CCCCc3c(C(=O)NN4CC5CCCC5C4)nn(-c4ccc(Cl)cc4Cl)c32)cc1. The summed E-state index contributed by atoms with van der Waals surface area (Å²) in [6, 6.07) is 13.4. The number of methoxy groups -OCH3 is 1. The van der Waals surface area contributed by atoms with Gasteiger partial charge in [0, 0.05) is 23.7 Å². The predicted octanol–water partition coefficient (Wildman–Crippen LogP) is 6.83. The number of allylic oxidation sites excluding steroid dienone is 1. The first-order valence-corrected chi connectivity index (χ1v) is 14.2. The summed E-state index contributed by atoms with van der Waals surface area (Å²) in [4.78, 5) is 13.7. The van der Waals surface area contributed by atoms with Crippen LogP contribution in [0, 0.1) is 11.8 Å². The summed E-state index contributed by atoms with van der Waals surface area (Å²) in [5.74, 6) is 2.06. The van der Waals surface area contributed by atoms with Gasteiger partial charge in [0.2, 0.25) is 0 Å². The largest absolute Gasteiger partial charge is 0.497 e. The van der Waals surface area contributed by atoms with Gasteiger partial charge in [-0.25, -0.2) is 9.69 Å². The Hall–Kier alpha value is -2.80. The monoisotopic (exact) mass is 550 g/mol. The van der Waals surface area contributed by atoms with Crippen LogP contribution in [-0.4, -0.2) is 40.9 Å². The highest BCUT2D eigenvalue weighted by molar-refractivity contribution is 6.35. The van der Waals surface area contributed by atoms with E-state index in [4.69, 9.17) is 33.0 Å². The van der Waals surface area contributed by atoms with E-state index >= 15 is 0 Å². The molecule has 6 rings (SSSR count). The molecular formula is C30H32Cl2N4O2. The van der Waals surface area contributed by atoms with E-state index in [0.717, 1.165) is 66.9 Å². The highest BCUT2D eigenvalue weighted by Gasteiger charge is 2.37. The minimum absolute atomic E-state index is 0.143. The van der Waals surface area contributed by atoms with Crippen LogP contribution >= 0.6 is 23.2 Å². The maximum atomic E-state index is 13.7. The van der Waals surface area contributed by atoms with Crippen LogP contribution in [0.5, 0.6) is 5.75 Å². The van der Waals surface area contributed by atoms with Crippen LogP contribution in [0.3, 0.4) is 0 Å². The van der Waals surface area contributed by atoms with Crippen molar-refractivity contribution < 1.29 is 9.53 Å². The molecule has 2 heterocycles. The Kier molecular flexibility index (Phi) is 7.21. The molecule has 6 nitrogen and oxygen atoms in total. The smallest absolute Gasteiger partial charge is 0.286 e. The van der Waals surface area contributed by atoms with E-state index in [0.29, 0.717) is 33.3 Å². The second kappa shape index (κ2) is 10.8. The first kappa shape index (κ1) is 25.5. The lowest BCUT2D eigenvalue weighted by molar-refractivity contribution is 0.0807. The van der Waals surface area contributed by atoms with Crippen LogP contribution in [0.1, 0.15) is 65.8 Å². The molecule has 3 aliphatic rings. The first-order valence-electron chi connectivity index (χ1n) is 13.5. The van der Waals surface area contributed by atoms with Crippen molar-refractivity contribution in [1.82, 2.24) is 20.2 Å². The minimum atomic E-state index is -0.143. The summed E-state index contributed by atoms with van der Waals surface area (Å²) in [6.45, 7) is 1.84. The zero-order chi connectivity index (χ0) is 26.2. The second-order valence-electron chi connectivity index (χ2n) is 10.6. The fourth-order valence-electron chi connectivity index (χ4n) is 6.33. The minimum Gasteiger partial charge on any atom is -0.497 e. The van der Waals surface area contributed by atoms with Gasteiger partial charge in [0.15, 0.2) is 5.69 Å². The molecule has 2 unspecified atom stereocenters. The Bertz CT molecular complexity index is 1370. The molecule has 0 bridgehead atoms. The number of amides is 1. The van der Waals surface area contributed by atoms with Crippen molar-refractivity contribution in [3.63, 3.8) is 0 Å². The molecule has 8 heteroatoms. The number of hydrogen-bond donors (Lipinski definition) is 1. The van der Waals surface area contributed by atoms with Crippen LogP contribution in [0.15, 0.2) is 42.5 Å². The Labute approximate surface area is 233 Å². The second-order valence-corrected chi connectivity index (χ2v) is 11.5. The molecule has 1 amide bonds. The van der Waals surface area contributed by atoms with Gasteiger partial charge in [-0.3, -0.25) is 10.2 Å². The molecule has 0 radical (unpaired) electrons. The number of aromatic nitrogens is 2. The fraction of sp³-hybridized carbons (Fsp3) is 0.400. The summed E-state index contributed by atoms with van der Waals surface area (Å²) >= 11 is 12.9. The van der Waals surface area contributed by atoms with Crippen molar-refractivity contribution in [2.45, 2.75) is 44.9 Å². The molecule has 1 saturated carbocycles. The molecule has 3 aromatic rings. The normalized spacial score (nSPS) is 22.2. The zero-order valence-corrected chi connectivity index (χ0v) is 23.1. The van der Waals surface area contributed by atoms with Gasteiger partial charge < -0.3 is 4.74 Å². The molecule has 2 aromatic carbocycles. The van der Waals surface area contributed by atoms with Crippen molar-refractivity contribution in [2.75, 3.05) is 20.2 Å². The van der Waals surface area contributed by atoms with Gasteiger partial charge in [-0.15, -0.1) is 0 Å². The summed E-state index contributed by atoms with van der Waals surface area (Å²) in [7, 11) is 1.67. The van der Waals surface area contributed by atoms with E-state index in [9.17, 15) is 4.79 Å². The van der Waals surface area contributed by atoms with Gasteiger partial charge in [0.1, 0.15) is 5.75 Å². The van der Waals surface area contributed by atoms with Crippen molar-refractivity contribution in [3.8, 4) is 11.4 Å². The number of rotatable bonds is 5. The Morgan fingerprint density at radius 1 is 1.03 bits per heavy atom. The summed E-state index contributed by atoms with van der Waals surface area (Å²) in [5.41, 5.74) is 8.51. The predicted molar refractivity (Wildman–Crippen MR) is 152 cm³/mol. The van der Waals surface area contributed by atoms with Crippen LogP contribution in [0.2, 0.25) is 10.0 Å². The molecule has 198 valence electrons. The third kappa shape index (κ3) is 4.97. The summed E-state index contributed by atoms with van der Waals surface area (Å²) < 4.78 is 7.18. The molecule has 0 spiro atoms. The van der Waals surface area contributed by atoms with Crippen LogP contribution < -0.4 is 10.2 Å². The molecule has 2 fully saturated rings. The average Bonchev–Trinajstić information content (AvgIpc) is 3.56. The van der Waals surface area contributed by atoms with Gasteiger partial charge >= 0.3 is 0 Å². The number of carbonyl (C=O) groups excluding carboxylic acids is 1. The molecule has 2 atom stereocenters. The molecule has 1 aliphatic heterocycles. The Balaban J connectivity index is 1.42. The number of ether oxygens (including phenoxy) is 1. The first-order chi connectivity index (χ1) is 18.5. The lowest BCUT2D eigenvalue weighted by atomic mass is 10.0. The highest BCUT2D eigenvalue weighted by atomic mass is 35.5. The van der Waals surface area contributed by atoms with E-state index in [-0.39, 0.29) is 5.91 Å². The van der Waals surface area contributed by atoms with E-state index in [2.05, 4.69) is 16.5 Å². The zero-order valence-electron chi connectivity index (χ0n) is 21.6. The maximum absolute atomic E-state index is 13.7. The van der Waals surface area contributed by atoms with Crippen molar-refractivity contribution in [1.29, 1.82) is 0 Å². The van der Waals surface area contributed by atoms with Gasteiger partial charge in [0.05, 0.1) is 23.5 Å². The molecular weight excluding hydrogens is 519 g/mol. The van der Waals surface area contributed by atoms with Gasteiger partial charge in [0.25, 0.3) is 5.91 Å². The number of hydrogen-bond acceptors (Lipinski definition) is 4. The van der Waals surface area contributed by atoms with Gasteiger partial charge in [-0.1, -0.05) is 41.8 Å². The van der Waals surface area contributed by atoms with Crippen LogP contribution in [0.25, 0.3) is 17.3 Å². The van der Waals surface area contributed by atoms with E-state index in [1.807, 2.05) is 41.1 Å². The maximum Gasteiger partial charge on any atom is 0.286 e. The number of nitrogens with zero attached hydrogens (tertiary/aromatic N) is 3. The van der Waals surface area contributed by atoms with Crippen LogP contribution in [0.4, 0.5) is 0 Å². The summed E-state index contributed by atoms with van der Waals surface area (Å²) in [6.07, 6.45) is 9.70. The standard InChI is InChI=1S/C30H32Cl2N4O2/c1-38-24-12-9-19(10-13-24)15-20-5-2-3-8-25-28(30(37)34-35-17-21-6-4-7-22(21)18-35)33-36(29(20)25)27-14-11-23(31)16-26(27)32/h9-16,21-22H,2-8,17-18H2,1H3,(H,34,37)/b20-15+. The van der Waals surface area contributed by atoms with E-state index < -0.39 is 0 Å². The number of halogens is 2. The topological polar surface area (TPSA) is 59.4 Å². The molecule has 2 aliphatic carbocycles. The Morgan fingerprint density at radius 3 is 2.47 bits per heavy atom. The number of benzene rings is 2. The quantitative estimate of drug-likeness (QED) is 0.353. The van der Waals surface area contributed by atoms with Crippen LogP contribution in [-0.2, 0) is 6.42 Å². The number of nitrogens with one attached hydrogen (secondary N) is 1.